The topological polar surface area (TPSA) is 92.7 Å². The molecule has 0 radical (unpaired) electrons. The van der Waals surface area contributed by atoms with Crippen LogP contribution in [0.2, 0.25) is 0 Å². The smallest absolute Gasteiger partial charge is 0.188 e. The van der Waals surface area contributed by atoms with Crippen molar-refractivity contribution in [3.05, 3.63) is 47.0 Å². The number of ketones is 1. The maximum atomic E-state index is 13.1. The molecule has 0 aliphatic carbocycles. The third kappa shape index (κ3) is 7.12. The maximum absolute atomic E-state index is 13.1. The molecule has 0 aliphatic rings. The highest BCUT2D eigenvalue weighted by Crippen LogP contribution is 2.40. The first-order valence-corrected chi connectivity index (χ1v) is 10.4. The van der Waals surface area contributed by atoms with E-state index < -0.39 is 0 Å². The second-order valence-electron chi connectivity index (χ2n) is 7.04. The minimum Gasteiger partial charge on any atom is -0.507 e. The summed E-state index contributed by atoms with van der Waals surface area (Å²) in [5.41, 5.74) is 1.66. The zero-order valence-electron chi connectivity index (χ0n) is 19.1. The maximum Gasteiger partial charge on any atom is 0.188 e. The number of aryl methyl sites for hydroxylation is 1. The molecule has 0 saturated heterocycles. The molecule has 32 heavy (non-hydrogen) atoms. The Balaban J connectivity index is 2.25. The highest BCUT2D eigenvalue weighted by atomic mass is 16.7. The van der Waals surface area contributed by atoms with Crippen LogP contribution in [-0.4, -0.2) is 52.6 Å². The van der Waals surface area contributed by atoms with Crippen molar-refractivity contribution in [2.45, 2.75) is 32.6 Å². The van der Waals surface area contributed by atoms with Crippen molar-refractivity contribution in [1.82, 2.24) is 0 Å². The van der Waals surface area contributed by atoms with Crippen molar-refractivity contribution in [2.75, 3.05) is 41.7 Å². The summed E-state index contributed by atoms with van der Waals surface area (Å²) in [7, 11) is 4.55. The first-order chi connectivity index (χ1) is 15.5. The summed E-state index contributed by atoms with van der Waals surface area (Å²) in [6.45, 7) is 2.10. The average Bonchev–Trinajstić information content (AvgIpc) is 2.81. The van der Waals surface area contributed by atoms with Crippen LogP contribution >= 0.6 is 0 Å². The molecule has 0 saturated carbocycles. The Kier molecular flexibility index (Phi) is 10.8. The standard InChI is InChI=1S/C24H32O8/c1-5-6-19-21(31-15-28-3)13-22(32-16-29-4)23(24(19)26)20(25)12-9-17-7-10-18(11-8-17)30-14-27-2/h7-8,10-11,13,26H,5-6,9,12,14-16H2,1-4H3. The number of phenols is 1. The molecule has 0 spiro atoms. The van der Waals surface area contributed by atoms with Crippen LogP contribution in [0.3, 0.4) is 0 Å². The Morgan fingerprint density at radius 1 is 0.844 bits per heavy atom. The van der Waals surface area contributed by atoms with E-state index in [0.717, 1.165) is 12.0 Å². The molecule has 1 N–H and O–H groups in total. The van der Waals surface area contributed by atoms with Gasteiger partial charge in [-0.2, -0.15) is 0 Å². The van der Waals surface area contributed by atoms with Crippen LogP contribution < -0.4 is 14.2 Å². The van der Waals surface area contributed by atoms with Crippen molar-refractivity contribution in [3.8, 4) is 23.0 Å². The fraction of sp³-hybridized carbons (Fsp3) is 0.458. The number of hydrogen-bond acceptors (Lipinski definition) is 8. The Bertz CT molecular complexity index is 848. The van der Waals surface area contributed by atoms with E-state index in [4.69, 9.17) is 28.4 Å². The predicted octanol–water partition coefficient (Wildman–Crippen LogP) is 4.11. The van der Waals surface area contributed by atoms with E-state index in [9.17, 15) is 9.90 Å². The minimum atomic E-state index is -0.232. The largest absolute Gasteiger partial charge is 0.507 e. The summed E-state index contributed by atoms with van der Waals surface area (Å²) >= 11 is 0. The molecule has 0 heterocycles. The van der Waals surface area contributed by atoms with Crippen LogP contribution in [0.5, 0.6) is 23.0 Å². The average molecular weight is 449 g/mol. The van der Waals surface area contributed by atoms with Crippen LogP contribution in [-0.2, 0) is 27.1 Å². The van der Waals surface area contributed by atoms with Crippen LogP contribution in [0.15, 0.2) is 30.3 Å². The molecule has 0 amide bonds. The van der Waals surface area contributed by atoms with Crippen LogP contribution in [0.1, 0.15) is 41.3 Å². The fourth-order valence-corrected chi connectivity index (χ4v) is 3.17. The van der Waals surface area contributed by atoms with Gasteiger partial charge in [0.15, 0.2) is 26.2 Å². The number of carbonyl (C=O) groups excluding carboxylic acids is 1. The summed E-state index contributed by atoms with van der Waals surface area (Å²) in [5, 5.41) is 11.0. The van der Waals surface area contributed by atoms with Crippen molar-refractivity contribution in [3.63, 3.8) is 0 Å². The molecule has 8 heteroatoms. The van der Waals surface area contributed by atoms with Gasteiger partial charge in [0.1, 0.15) is 28.6 Å². The van der Waals surface area contributed by atoms with Crippen LogP contribution in [0.4, 0.5) is 0 Å². The van der Waals surface area contributed by atoms with Crippen LogP contribution in [0, 0.1) is 0 Å². The van der Waals surface area contributed by atoms with E-state index in [2.05, 4.69) is 0 Å². The van der Waals surface area contributed by atoms with Gasteiger partial charge in [-0.1, -0.05) is 25.5 Å². The molecule has 2 rings (SSSR count). The molecule has 0 unspecified atom stereocenters. The van der Waals surface area contributed by atoms with E-state index in [1.54, 1.807) is 13.2 Å². The lowest BCUT2D eigenvalue weighted by atomic mass is 9.96. The summed E-state index contributed by atoms with van der Waals surface area (Å²) in [6.07, 6.45) is 2.00. The number of ether oxygens (including phenoxy) is 6. The number of benzene rings is 2. The lowest BCUT2D eigenvalue weighted by Gasteiger charge is -2.18. The molecule has 0 fully saturated rings. The van der Waals surface area contributed by atoms with Gasteiger partial charge in [-0.15, -0.1) is 0 Å². The van der Waals surface area contributed by atoms with E-state index in [1.807, 2.05) is 31.2 Å². The van der Waals surface area contributed by atoms with E-state index >= 15 is 0 Å². The van der Waals surface area contributed by atoms with Crippen molar-refractivity contribution in [2.24, 2.45) is 0 Å². The van der Waals surface area contributed by atoms with Gasteiger partial charge in [0.2, 0.25) is 0 Å². The normalized spacial score (nSPS) is 10.8. The Hall–Kier alpha value is -2.81. The Morgan fingerprint density at radius 3 is 2.03 bits per heavy atom. The quantitative estimate of drug-likeness (QED) is 0.321. The molecule has 2 aromatic carbocycles. The molecule has 0 atom stereocenters. The Labute approximate surface area is 189 Å². The summed E-state index contributed by atoms with van der Waals surface area (Å²) in [4.78, 5) is 13.1. The molecule has 0 bridgehead atoms. The zero-order valence-corrected chi connectivity index (χ0v) is 19.1. The predicted molar refractivity (Wildman–Crippen MR) is 119 cm³/mol. The van der Waals surface area contributed by atoms with Crippen LogP contribution in [0.25, 0.3) is 0 Å². The third-order valence-electron chi connectivity index (χ3n) is 4.68. The molecular weight excluding hydrogens is 416 g/mol. The number of aromatic hydroxyl groups is 1. The Morgan fingerprint density at radius 2 is 1.44 bits per heavy atom. The summed E-state index contributed by atoms with van der Waals surface area (Å²) in [5.74, 6) is 0.957. The number of phenolic OH excluding ortho intramolecular Hbond substituents is 1. The van der Waals surface area contributed by atoms with Gasteiger partial charge >= 0.3 is 0 Å². The van der Waals surface area contributed by atoms with E-state index in [-0.39, 0.29) is 49.6 Å². The zero-order chi connectivity index (χ0) is 23.3. The molecule has 0 aliphatic heterocycles. The van der Waals surface area contributed by atoms with E-state index in [0.29, 0.717) is 29.9 Å². The van der Waals surface area contributed by atoms with Gasteiger partial charge < -0.3 is 33.5 Å². The monoisotopic (exact) mass is 448 g/mol. The number of methoxy groups -OCH3 is 3. The minimum absolute atomic E-state index is 0.0112. The molecular formula is C24H32O8. The van der Waals surface area contributed by atoms with Gasteiger partial charge in [0.25, 0.3) is 0 Å². The second kappa shape index (κ2) is 13.6. The van der Waals surface area contributed by atoms with Gasteiger partial charge in [0.05, 0.1) is 0 Å². The highest BCUT2D eigenvalue weighted by Gasteiger charge is 2.24. The lowest BCUT2D eigenvalue weighted by Crippen LogP contribution is -2.11. The van der Waals surface area contributed by atoms with Crippen molar-refractivity contribution < 1.29 is 38.3 Å². The first-order valence-electron chi connectivity index (χ1n) is 10.4. The number of rotatable bonds is 15. The van der Waals surface area contributed by atoms with Gasteiger partial charge in [-0.3, -0.25) is 4.79 Å². The summed E-state index contributed by atoms with van der Waals surface area (Å²) in [6, 6.07) is 9.04. The van der Waals surface area contributed by atoms with Gasteiger partial charge in [-0.25, -0.2) is 0 Å². The SMILES string of the molecule is CCCc1c(OCOC)cc(OCOC)c(C(=O)CCc2ccc(OCOC)cc2)c1O. The highest BCUT2D eigenvalue weighted by molar-refractivity contribution is 6.02. The van der Waals surface area contributed by atoms with Crippen molar-refractivity contribution in [1.29, 1.82) is 0 Å². The second-order valence-corrected chi connectivity index (χ2v) is 7.04. The fourth-order valence-electron chi connectivity index (χ4n) is 3.17. The number of carbonyl (C=O) groups is 1. The van der Waals surface area contributed by atoms with Crippen molar-refractivity contribution >= 4 is 5.78 Å². The number of Topliss-reactive ketones (excluding diaryl/α,β-unsaturated/α-hetero) is 1. The van der Waals surface area contributed by atoms with E-state index in [1.165, 1.54) is 14.2 Å². The first kappa shape index (κ1) is 25.5. The third-order valence-corrected chi connectivity index (χ3v) is 4.68. The lowest BCUT2D eigenvalue weighted by molar-refractivity contribution is 0.0447. The molecule has 8 nitrogen and oxygen atoms in total. The molecule has 2 aromatic rings. The van der Waals surface area contributed by atoms with Gasteiger partial charge in [0, 0.05) is 39.4 Å². The van der Waals surface area contributed by atoms with Gasteiger partial charge in [-0.05, 0) is 30.5 Å². The molecule has 176 valence electrons. The summed E-state index contributed by atoms with van der Waals surface area (Å²) < 4.78 is 31.4. The molecule has 0 aromatic heterocycles. The number of hydrogen-bond donors (Lipinski definition) is 1.